The summed E-state index contributed by atoms with van der Waals surface area (Å²) in [5.74, 6) is -0.156. The lowest BCUT2D eigenvalue weighted by Gasteiger charge is -2.23. The lowest BCUT2D eigenvalue weighted by Crippen LogP contribution is -2.44. The third kappa shape index (κ3) is 6.79. The molecule has 11 heteroatoms. The van der Waals surface area contributed by atoms with Crippen LogP contribution < -0.4 is 20.1 Å². The van der Waals surface area contributed by atoms with Gasteiger partial charge in [0.25, 0.3) is 11.8 Å². The van der Waals surface area contributed by atoms with Gasteiger partial charge in [-0.3, -0.25) is 14.4 Å². The van der Waals surface area contributed by atoms with E-state index in [9.17, 15) is 14.4 Å². The van der Waals surface area contributed by atoms with E-state index in [-0.39, 0.29) is 63.7 Å². The quantitative estimate of drug-likeness (QED) is 0.560. The molecule has 0 radical (unpaired) electrons. The number of fused-ring (bicyclic) bond motifs is 1. The molecule has 0 saturated heterocycles. The molecule has 2 N–H and O–H groups in total. The smallest absolute Gasteiger partial charge is 0.258 e. The Kier molecular flexibility index (Phi) is 7.89. The molecular weight excluding hydrogens is 452 g/mol. The monoisotopic (exact) mass is 478 g/mol. The molecule has 182 valence electrons. The number of hydrogen-bond donors (Lipinski definition) is 2. The van der Waals surface area contributed by atoms with E-state index in [4.69, 9.17) is 9.47 Å². The summed E-state index contributed by atoms with van der Waals surface area (Å²) < 4.78 is 12.5. The predicted octanol–water partition coefficient (Wildman–Crippen LogP) is 0.478. The Bertz CT molecular complexity index is 1120. The van der Waals surface area contributed by atoms with Crippen molar-refractivity contribution < 1.29 is 23.9 Å². The van der Waals surface area contributed by atoms with E-state index >= 15 is 0 Å². The second-order valence-corrected chi connectivity index (χ2v) is 7.77. The van der Waals surface area contributed by atoms with Crippen LogP contribution in [0.1, 0.15) is 0 Å². The molecule has 0 saturated carbocycles. The van der Waals surface area contributed by atoms with Crippen molar-refractivity contribution in [2.45, 2.75) is 6.54 Å². The Balaban J connectivity index is 1.39. The number of nitrogens with zero attached hydrogens (tertiary/aromatic N) is 4. The zero-order valence-electron chi connectivity index (χ0n) is 19.1. The first-order chi connectivity index (χ1) is 17.1. The summed E-state index contributed by atoms with van der Waals surface area (Å²) >= 11 is 0. The first-order valence-electron chi connectivity index (χ1n) is 11.2. The molecule has 1 aromatic heterocycles. The highest BCUT2D eigenvalue weighted by Crippen LogP contribution is 2.26. The molecule has 0 aliphatic carbocycles. The number of carbonyl (C=O) groups is 3. The van der Waals surface area contributed by atoms with Crippen LogP contribution in [0.2, 0.25) is 0 Å². The number of aromatic nitrogens is 3. The molecule has 0 atom stereocenters. The fraction of sp³-hybridized carbons (Fsp3) is 0.292. The maximum absolute atomic E-state index is 13.0. The maximum Gasteiger partial charge on any atom is 0.258 e. The molecule has 35 heavy (non-hydrogen) atoms. The van der Waals surface area contributed by atoms with Crippen LogP contribution in [0.15, 0.2) is 60.8 Å². The highest BCUT2D eigenvalue weighted by molar-refractivity contribution is 5.79. The van der Waals surface area contributed by atoms with E-state index in [0.717, 1.165) is 5.56 Å². The van der Waals surface area contributed by atoms with Crippen molar-refractivity contribution in [1.29, 1.82) is 0 Å². The summed E-state index contributed by atoms with van der Waals surface area (Å²) in [5, 5.41) is 13.7. The highest BCUT2D eigenvalue weighted by Gasteiger charge is 2.17. The maximum atomic E-state index is 13.0. The van der Waals surface area contributed by atoms with E-state index in [1.807, 2.05) is 30.3 Å². The first-order valence-corrected chi connectivity index (χ1v) is 11.2. The van der Waals surface area contributed by atoms with Crippen LogP contribution in [0.25, 0.3) is 11.3 Å². The van der Waals surface area contributed by atoms with Gasteiger partial charge in [0.2, 0.25) is 5.91 Å². The summed E-state index contributed by atoms with van der Waals surface area (Å²) in [5.41, 5.74) is 1.56. The predicted molar refractivity (Wildman–Crippen MR) is 125 cm³/mol. The average molecular weight is 479 g/mol. The minimum atomic E-state index is -0.333. The summed E-state index contributed by atoms with van der Waals surface area (Å²) in [6.45, 7) is 0.508. The van der Waals surface area contributed by atoms with Crippen LogP contribution in [-0.4, -0.2) is 77.0 Å². The minimum absolute atomic E-state index is 0.0245. The number of para-hydroxylation sites is 2. The van der Waals surface area contributed by atoms with Crippen LogP contribution in [-0.2, 0) is 20.9 Å². The van der Waals surface area contributed by atoms with Gasteiger partial charge in [-0.2, -0.15) is 0 Å². The molecule has 11 nitrogen and oxygen atoms in total. The van der Waals surface area contributed by atoms with E-state index in [1.54, 1.807) is 35.4 Å². The van der Waals surface area contributed by atoms with Gasteiger partial charge in [0.05, 0.1) is 6.20 Å². The number of amides is 3. The van der Waals surface area contributed by atoms with Crippen LogP contribution in [0.3, 0.4) is 0 Å². The van der Waals surface area contributed by atoms with Gasteiger partial charge in [-0.1, -0.05) is 47.7 Å². The molecule has 0 unspecified atom stereocenters. The third-order valence-electron chi connectivity index (χ3n) is 5.23. The molecule has 1 aliphatic heterocycles. The number of rotatable bonds is 3. The van der Waals surface area contributed by atoms with Crippen LogP contribution in [0.4, 0.5) is 0 Å². The SMILES string of the molecule is O=C1COc2ccccc2OCC(=O)NCCN(C(=O)Cn2cc(-c3ccccc3)nn2)CCN1. The standard InChI is InChI=1S/C24H26N6O5/c31-22-16-34-20-8-4-5-9-21(20)35-17-23(32)26-11-13-29(12-10-25-22)24(33)15-30-14-19(27-28-30)18-6-2-1-3-7-18/h1-9,14H,10-13,15-17H2,(H,25,31)(H,26,32). The molecule has 3 amide bonds. The fourth-order valence-electron chi connectivity index (χ4n) is 3.45. The molecule has 0 bridgehead atoms. The largest absolute Gasteiger partial charge is 0.480 e. The average Bonchev–Trinajstić information content (AvgIpc) is 3.34. The van der Waals surface area contributed by atoms with E-state index < -0.39 is 0 Å². The highest BCUT2D eigenvalue weighted by atomic mass is 16.5. The van der Waals surface area contributed by atoms with Crippen molar-refractivity contribution in [1.82, 2.24) is 30.5 Å². The molecule has 2 heterocycles. The van der Waals surface area contributed by atoms with Crippen molar-refractivity contribution in [3.8, 4) is 22.8 Å². The number of carbonyl (C=O) groups excluding carboxylic acids is 3. The van der Waals surface area contributed by atoms with Gasteiger partial charge in [-0.05, 0) is 12.1 Å². The second-order valence-electron chi connectivity index (χ2n) is 7.77. The van der Waals surface area contributed by atoms with Crippen LogP contribution >= 0.6 is 0 Å². The zero-order valence-corrected chi connectivity index (χ0v) is 19.1. The van der Waals surface area contributed by atoms with Crippen molar-refractivity contribution >= 4 is 17.7 Å². The second kappa shape index (κ2) is 11.6. The summed E-state index contributed by atoms with van der Waals surface area (Å²) in [6.07, 6.45) is 1.71. The third-order valence-corrected chi connectivity index (χ3v) is 5.23. The Morgan fingerprint density at radius 1 is 0.857 bits per heavy atom. The fourth-order valence-corrected chi connectivity index (χ4v) is 3.45. The molecule has 3 aromatic rings. The van der Waals surface area contributed by atoms with Gasteiger partial charge in [0.15, 0.2) is 24.7 Å². The number of ether oxygens (including phenoxy) is 2. The van der Waals surface area contributed by atoms with Crippen molar-refractivity contribution in [2.75, 3.05) is 39.4 Å². The van der Waals surface area contributed by atoms with Gasteiger partial charge in [0, 0.05) is 31.7 Å². The van der Waals surface area contributed by atoms with E-state index in [0.29, 0.717) is 17.2 Å². The van der Waals surface area contributed by atoms with Crippen LogP contribution in [0, 0.1) is 0 Å². The van der Waals surface area contributed by atoms with Crippen molar-refractivity contribution in [2.24, 2.45) is 0 Å². The van der Waals surface area contributed by atoms with Gasteiger partial charge < -0.3 is 25.0 Å². The number of benzene rings is 2. The Labute approximate surface area is 202 Å². The van der Waals surface area contributed by atoms with Crippen molar-refractivity contribution in [3.63, 3.8) is 0 Å². The lowest BCUT2D eigenvalue weighted by molar-refractivity contribution is -0.133. The summed E-state index contributed by atoms with van der Waals surface area (Å²) in [4.78, 5) is 39.0. The zero-order chi connectivity index (χ0) is 24.5. The summed E-state index contributed by atoms with van der Waals surface area (Å²) in [7, 11) is 0. The number of hydrogen-bond acceptors (Lipinski definition) is 7. The molecule has 0 fully saturated rings. The Morgan fingerprint density at radius 2 is 1.43 bits per heavy atom. The van der Waals surface area contributed by atoms with E-state index in [1.165, 1.54) is 4.68 Å². The first kappa shape index (κ1) is 23.7. The summed E-state index contributed by atoms with van der Waals surface area (Å²) in [6, 6.07) is 16.4. The van der Waals surface area contributed by atoms with Gasteiger partial charge in [0.1, 0.15) is 12.2 Å². The van der Waals surface area contributed by atoms with Crippen LogP contribution in [0.5, 0.6) is 11.5 Å². The molecule has 1 aliphatic rings. The molecular formula is C24H26N6O5. The lowest BCUT2D eigenvalue weighted by atomic mass is 10.2. The van der Waals surface area contributed by atoms with Crippen molar-refractivity contribution in [3.05, 3.63) is 60.8 Å². The van der Waals surface area contributed by atoms with Gasteiger partial charge in [-0.25, -0.2) is 4.68 Å². The molecule has 2 aromatic carbocycles. The Morgan fingerprint density at radius 3 is 2.03 bits per heavy atom. The topological polar surface area (TPSA) is 128 Å². The normalized spacial score (nSPS) is 15.4. The molecule has 4 rings (SSSR count). The van der Waals surface area contributed by atoms with E-state index in [2.05, 4.69) is 20.9 Å². The Hall–Kier alpha value is -4.41. The molecule has 0 spiro atoms. The van der Waals surface area contributed by atoms with Gasteiger partial charge >= 0.3 is 0 Å². The van der Waals surface area contributed by atoms with Gasteiger partial charge in [-0.15, -0.1) is 5.10 Å². The number of nitrogens with one attached hydrogen (secondary N) is 2. The minimum Gasteiger partial charge on any atom is -0.480 e.